The lowest BCUT2D eigenvalue weighted by molar-refractivity contribution is -0.139. The van der Waals surface area contributed by atoms with E-state index >= 15 is 0 Å². The Morgan fingerprint density at radius 2 is 2.07 bits per heavy atom. The van der Waals surface area contributed by atoms with Crippen molar-refractivity contribution in [3.05, 3.63) is 54.9 Å². The monoisotopic (exact) mass is 588 g/mol. The summed E-state index contributed by atoms with van der Waals surface area (Å²) in [4.78, 5) is 27.9. The fourth-order valence-corrected chi connectivity index (χ4v) is 4.95. The van der Waals surface area contributed by atoms with Crippen molar-refractivity contribution in [1.29, 1.82) is 0 Å². The molecule has 2 N–H and O–H groups in total. The average Bonchev–Trinajstić information content (AvgIpc) is 3.00. The summed E-state index contributed by atoms with van der Waals surface area (Å²) in [5.41, 5.74) is 1.47. The van der Waals surface area contributed by atoms with Crippen molar-refractivity contribution in [3.63, 3.8) is 0 Å². The molecule has 7 nitrogen and oxygen atoms in total. The van der Waals surface area contributed by atoms with Gasteiger partial charge in [-0.15, -0.1) is 0 Å². The number of carboxylic acid groups (broad SMARTS) is 1. The minimum atomic E-state index is -1.05. The summed E-state index contributed by atoms with van der Waals surface area (Å²) in [6.45, 7) is -0.432. The van der Waals surface area contributed by atoms with Crippen molar-refractivity contribution in [1.82, 2.24) is 5.32 Å². The first-order valence-electron chi connectivity index (χ1n) is 8.13. The van der Waals surface area contributed by atoms with Gasteiger partial charge in [-0.3, -0.25) is 4.79 Å². The molecule has 10 heteroatoms. The third kappa shape index (κ3) is 5.73. The second-order valence-corrected chi connectivity index (χ2v) is 8.72. The number of carboxylic acids is 1. The van der Waals surface area contributed by atoms with Crippen LogP contribution in [0.4, 0.5) is 5.69 Å². The molecule has 0 unspecified atom stereocenters. The largest absolute Gasteiger partial charge is 0.497 e. The molecule has 3 rings (SSSR count). The minimum absolute atomic E-state index is 0.236. The summed E-state index contributed by atoms with van der Waals surface area (Å²) in [5, 5.41) is 12.0. The fourth-order valence-electron chi connectivity index (χ4n) is 2.34. The van der Waals surface area contributed by atoms with E-state index in [1.807, 2.05) is 6.07 Å². The lowest BCUT2D eigenvalue weighted by Gasteiger charge is -2.09. The van der Waals surface area contributed by atoms with Gasteiger partial charge < -0.3 is 19.9 Å². The van der Waals surface area contributed by atoms with E-state index in [0.29, 0.717) is 26.0 Å². The van der Waals surface area contributed by atoms with Crippen LogP contribution in [0.25, 0.3) is 6.08 Å². The third-order valence-electron chi connectivity index (χ3n) is 3.61. The zero-order valence-electron chi connectivity index (χ0n) is 14.9. The van der Waals surface area contributed by atoms with Gasteiger partial charge in [0.05, 0.1) is 25.7 Å². The van der Waals surface area contributed by atoms with E-state index in [2.05, 4.69) is 48.8 Å². The molecule has 2 aromatic rings. The van der Waals surface area contributed by atoms with E-state index in [-0.39, 0.29) is 5.91 Å². The molecule has 150 valence electrons. The Balaban J connectivity index is 1.79. The summed E-state index contributed by atoms with van der Waals surface area (Å²) in [7, 11) is 1.59. The molecule has 1 saturated heterocycles. The first-order chi connectivity index (χ1) is 13.9. The molecule has 0 aromatic heterocycles. The van der Waals surface area contributed by atoms with Gasteiger partial charge in [0, 0.05) is 0 Å². The fraction of sp³-hybridized carbons (Fsp3) is 0.105. The van der Waals surface area contributed by atoms with Crippen molar-refractivity contribution in [2.24, 2.45) is 4.99 Å². The number of nitrogens with zero attached hydrogens (tertiary/aromatic N) is 1. The molecule has 0 aliphatic carbocycles. The zero-order chi connectivity index (χ0) is 21.0. The number of amides is 1. The van der Waals surface area contributed by atoms with Crippen LogP contribution in [0, 0.1) is 3.57 Å². The summed E-state index contributed by atoms with van der Waals surface area (Å²) in [5.74, 6) is -0.116. The maximum absolute atomic E-state index is 12.3. The molecule has 0 bridgehead atoms. The van der Waals surface area contributed by atoms with Gasteiger partial charge >= 0.3 is 5.97 Å². The van der Waals surface area contributed by atoms with Crippen molar-refractivity contribution in [3.8, 4) is 11.5 Å². The predicted molar refractivity (Wildman–Crippen MR) is 124 cm³/mol. The number of hydrogen-bond acceptors (Lipinski definition) is 6. The van der Waals surface area contributed by atoms with Crippen LogP contribution in [0.2, 0.25) is 0 Å². The van der Waals surface area contributed by atoms with Crippen LogP contribution in [0.3, 0.4) is 0 Å². The SMILES string of the molecule is COc1ccc(N=C2NC(=O)/C(=C\c3cc(Br)c(OCC(=O)O)c(I)c3)S2)cc1. The quantitative estimate of drug-likeness (QED) is 0.383. The predicted octanol–water partition coefficient (Wildman–Crippen LogP) is 4.42. The van der Waals surface area contributed by atoms with E-state index in [4.69, 9.17) is 14.6 Å². The number of amidine groups is 1. The molecule has 0 saturated carbocycles. The van der Waals surface area contributed by atoms with Crippen LogP contribution < -0.4 is 14.8 Å². The molecule has 0 atom stereocenters. The first kappa shape index (κ1) is 21.7. The lowest BCUT2D eigenvalue weighted by Crippen LogP contribution is -2.19. The number of methoxy groups -OCH3 is 1. The van der Waals surface area contributed by atoms with E-state index in [9.17, 15) is 9.59 Å². The van der Waals surface area contributed by atoms with E-state index in [0.717, 1.165) is 14.9 Å². The highest BCUT2D eigenvalue weighted by Gasteiger charge is 2.24. The Bertz CT molecular complexity index is 1000. The summed E-state index contributed by atoms with van der Waals surface area (Å²) >= 11 is 6.68. The highest BCUT2D eigenvalue weighted by atomic mass is 127. The van der Waals surface area contributed by atoms with E-state index < -0.39 is 12.6 Å². The highest BCUT2D eigenvalue weighted by Crippen LogP contribution is 2.34. The van der Waals surface area contributed by atoms with Gasteiger partial charge in [-0.05, 0) is 98.3 Å². The number of ether oxygens (including phenoxy) is 2. The molecule has 1 aliphatic rings. The second kappa shape index (κ2) is 9.63. The topological polar surface area (TPSA) is 97.2 Å². The minimum Gasteiger partial charge on any atom is -0.497 e. The van der Waals surface area contributed by atoms with Crippen LogP contribution in [0.5, 0.6) is 11.5 Å². The number of halogens is 2. The lowest BCUT2D eigenvalue weighted by atomic mass is 10.2. The van der Waals surface area contributed by atoms with Gasteiger partial charge in [-0.25, -0.2) is 9.79 Å². The van der Waals surface area contributed by atoms with Crippen LogP contribution in [0.1, 0.15) is 5.56 Å². The molecular weight excluding hydrogens is 575 g/mol. The smallest absolute Gasteiger partial charge is 0.341 e. The van der Waals surface area contributed by atoms with Crippen molar-refractivity contribution in [2.75, 3.05) is 13.7 Å². The number of thioether (sulfide) groups is 1. The Labute approximate surface area is 192 Å². The van der Waals surface area contributed by atoms with Crippen LogP contribution in [-0.4, -0.2) is 35.9 Å². The second-order valence-electron chi connectivity index (χ2n) is 5.68. The van der Waals surface area contributed by atoms with Crippen molar-refractivity contribution in [2.45, 2.75) is 0 Å². The molecular formula is C19H14BrIN2O5S. The normalized spacial score (nSPS) is 16.2. The molecule has 1 heterocycles. The number of aliphatic carboxylic acids is 1. The van der Waals surface area contributed by atoms with Crippen molar-refractivity contribution >= 4 is 79.1 Å². The number of hydrogen-bond donors (Lipinski definition) is 2. The number of nitrogens with one attached hydrogen (secondary N) is 1. The molecule has 2 aromatic carbocycles. The van der Waals surface area contributed by atoms with Gasteiger partial charge in [0.15, 0.2) is 11.8 Å². The maximum Gasteiger partial charge on any atom is 0.341 e. The molecule has 0 spiro atoms. The molecule has 0 radical (unpaired) electrons. The number of aliphatic imine (C=N–C) groups is 1. The molecule has 1 fully saturated rings. The molecule has 1 amide bonds. The van der Waals surface area contributed by atoms with E-state index in [1.165, 1.54) is 11.8 Å². The Kier molecular flexibility index (Phi) is 7.19. The summed E-state index contributed by atoms with van der Waals surface area (Å²) in [6, 6.07) is 10.8. The maximum atomic E-state index is 12.3. The van der Waals surface area contributed by atoms with Crippen LogP contribution in [0.15, 0.2) is 50.8 Å². The molecule has 29 heavy (non-hydrogen) atoms. The van der Waals surface area contributed by atoms with E-state index in [1.54, 1.807) is 43.5 Å². The number of benzene rings is 2. The van der Waals surface area contributed by atoms with Crippen molar-refractivity contribution < 1.29 is 24.2 Å². The number of rotatable bonds is 6. The zero-order valence-corrected chi connectivity index (χ0v) is 19.5. The Hall–Kier alpha value is -2.05. The van der Waals surface area contributed by atoms with Crippen LogP contribution in [-0.2, 0) is 9.59 Å². The van der Waals surface area contributed by atoms with Gasteiger partial charge in [-0.2, -0.15) is 0 Å². The van der Waals surface area contributed by atoms with Gasteiger partial charge in [0.2, 0.25) is 0 Å². The standard InChI is InChI=1S/C19H14BrIN2O5S/c1-27-12-4-2-11(3-5-12)22-19-23-18(26)15(29-19)8-10-6-13(20)17(14(21)7-10)28-9-16(24)25/h2-8H,9H2,1H3,(H,24,25)(H,22,23,26)/b15-8+. The van der Waals surface area contributed by atoms with Gasteiger partial charge in [-0.1, -0.05) is 0 Å². The van der Waals surface area contributed by atoms with Gasteiger partial charge in [0.1, 0.15) is 11.5 Å². The average molecular weight is 589 g/mol. The first-order valence-corrected chi connectivity index (χ1v) is 10.8. The third-order valence-corrected chi connectivity index (χ3v) is 5.91. The Morgan fingerprint density at radius 1 is 1.34 bits per heavy atom. The number of carbonyl (C=O) groups excluding carboxylic acids is 1. The molecule has 1 aliphatic heterocycles. The highest BCUT2D eigenvalue weighted by molar-refractivity contribution is 14.1. The Morgan fingerprint density at radius 3 is 2.69 bits per heavy atom. The summed E-state index contributed by atoms with van der Waals surface area (Å²) in [6.07, 6.45) is 1.74. The summed E-state index contributed by atoms with van der Waals surface area (Å²) < 4.78 is 11.7. The number of carbonyl (C=O) groups is 2. The van der Waals surface area contributed by atoms with Crippen LogP contribution >= 0.6 is 50.3 Å². The van der Waals surface area contributed by atoms with Gasteiger partial charge in [0.25, 0.3) is 5.91 Å².